The van der Waals surface area contributed by atoms with Crippen molar-refractivity contribution in [3.05, 3.63) is 0 Å². The molecule has 1 spiro atoms. The summed E-state index contributed by atoms with van der Waals surface area (Å²) in [6.07, 6.45) is 2.08. The quantitative estimate of drug-likeness (QED) is 0.836. The largest absolute Gasteiger partial charge is 0.480 e. The summed E-state index contributed by atoms with van der Waals surface area (Å²) >= 11 is 0. The van der Waals surface area contributed by atoms with Crippen molar-refractivity contribution in [2.24, 2.45) is 0 Å². The van der Waals surface area contributed by atoms with E-state index in [1.165, 1.54) is 13.8 Å². The lowest BCUT2D eigenvalue weighted by molar-refractivity contribution is -0.139. The van der Waals surface area contributed by atoms with E-state index in [0.29, 0.717) is 45.5 Å². The van der Waals surface area contributed by atoms with E-state index in [2.05, 4.69) is 0 Å². The van der Waals surface area contributed by atoms with Gasteiger partial charge in [0.05, 0.1) is 10.9 Å². The van der Waals surface area contributed by atoms with E-state index in [-0.39, 0.29) is 0 Å². The molecule has 0 amide bonds. The van der Waals surface area contributed by atoms with Crippen molar-refractivity contribution < 1.29 is 27.8 Å². The van der Waals surface area contributed by atoms with Gasteiger partial charge in [-0.05, 0) is 39.5 Å². The third-order valence-electron chi connectivity index (χ3n) is 4.52. The molecule has 0 aromatic heterocycles. The molecule has 6 nitrogen and oxygen atoms in total. The van der Waals surface area contributed by atoms with Crippen LogP contribution in [0.1, 0.15) is 39.5 Å². The maximum Gasteiger partial charge on any atom is 0.324 e. The van der Waals surface area contributed by atoms with Gasteiger partial charge in [0.15, 0.2) is 14.6 Å². The Hall–Kier alpha value is -0.660. The molecular weight excluding hydrogens is 284 g/mol. The van der Waals surface area contributed by atoms with E-state index in [1.54, 1.807) is 0 Å². The van der Waals surface area contributed by atoms with Gasteiger partial charge in [0, 0.05) is 19.8 Å². The number of rotatable bonds is 3. The Morgan fingerprint density at radius 1 is 1.25 bits per heavy atom. The van der Waals surface area contributed by atoms with Crippen LogP contribution < -0.4 is 0 Å². The van der Waals surface area contributed by atoms with Gasteiger partial charge < -0.3 is 14.6 Å². The van der Waals surface area contributed by atoms with E-state index in [0.717, 1.165) is 0 Å². The van der Waals surface area contributed by atoms with Crippen LogP contribution in [0.5, 0.6) is 0 Å². The molecule has 0 saturated carbocycles. The average Bonchev–Trinajstić information content (AvgIpc) is 2.39. The predicted octanol–water partition coefficient (Wildman–Crippen LogP) is 0.993. The Morgan fingerprint density at radius 2 is 1.85 bits per heavy atom. The molecule has 1 N–H and O–H groups in total. The van der Waals surface area contributed by atoms with Gasteiger partial charge in [-0.3, -0.25) is 4.79 Å². The maximum atomic E-state index is 12.6. The molecule has 116 valence electrons. The lowest BCUT2D eigenvalue weighted by Crippen LogP contribution is -2.53. The van der Waals surface area contributed by atoms with Crippen LogP contribution in [0.25, 0.3) is 0 Å². The summed E-state index contributed by atoms with van der Waals surface area (Å²) in [6, 6.07) is 0. The van der Waals surface area contributed by atoms with Crippen molar-refractivity contribution in [3.8, 4) is 0 Å². The second kappa shape index (κ2) is 5.27. The van der Waals surface area contributed by atoms with Crippen molar-refractivity contribution in [2.45, 2.75) is 55.1 Å². The fourth-order valence-corrected chi connectivity index (χ4v) is 4.88. The summed E-state index contributed by atoms with van der Waals surface area (Å²) in [6.45, 7) is 4.01. The smallest absolute Gasteiger partial charge is 0.324 e. The summed E-state index contributed by atoms with van der Waals surface area (Å²) in [5.74, 6) is -1.30. The Kier molecular flexibility index (Phi) is 4.15. The lowest BCUT2D eigenvalue weighted by Gasteiger charge is -2.44. The molecule has 0 aromatic rings. The number of aliphatic carboxylic acids is 1. The van der Waals surface area contributed by atoms with Crippen LogP contribution in [0.4, 0.5) is 0 Å². The first-order chi connectivity index (χ1) is 9.21. The van der Waals surface area contributed by atoms with E-state index in [9.17, 15) is 18.3 Å². The van der Waals surface area contributed by atoms with Crippen LogP contribution in [0, 0.1) is 0 Å². The first kappa shape index (κ1) is 15.7. The molecule has 0 bridgehead atoms. The molecule has 0 aromatic carbocycles. The number of carbonyl (C=O) groups is 1. The molecule has 1 atom stereocenters. The monoisotopic (exact) mass is 306 g/mol. The van der Waals surface area contributed by atoms with E-state index in [4.69, 9.17) is 9.47 Å². The van der Waals surface area contributed by atoms with Gasteiger partial charge in [0.1, 0.15) is 0 Å². The first-order valence-electron chi connectivity index (χ1n) is 6.90. The summed E-state index contributed by atoms with van der Waals surface area (Å²) in [7, 11) is -3.76. The standard InChI is InChI=1S/C13H22O6S/c1-12(2,11(14)15)20(16,17)10-3-6-19-13(9-10)4-7-18-8-5-13/h10H,3-9H2,1-2H3,(H,14,15). The van der Waals surface area contributed by atoms with Gasteiger partial charge in [-0.25, -0.2) is 8.42 Å². The topological polar surface area (TPSA) is 89.9 Å². The summed E-state index contributed by atoms with van der Waals surface area (Å²) in [5, 5.41) is 8.53. The van der Waals surface area contributed by atoms with Crippen LogP contribution in [0.15, 0.2) is 0 Å². The van der Waals surface area contributed by atoms with Gasteiger partial charge in [0.2, 0.25) is 0 Å². The molecule has 20 heavy (non-hydrogen) atoms. The predicted molar refractivity (Wildman–Crippen MR) is 72.4 cm³/mol. The number of hydrogen-bond donors (Lipinski definition) is 1. The van der Waals surface area contributed by atoms with E-state index < -0.39 is 31.4 Å². The highest BCUT2D eigenvalue weighted by atomic mass is 32.2. The van der Waals surface area contributed by atoms with Gasteiger partial charge in [-0.1, -0.05) is 0 Å². The van der Waals surface area contributed by atoms with Crippen molar-refractivity contribution in [1.82, 2.24) is 0 Å². The highest BCUT2D eigenvalue weighted by Crippen LogP contribution is 2.39. The number of ether oxygens (including phenoxy) is 2. The average molecular weight is 306 g/mol. The third kappa shape index (κ3) is 2.58. The minimum absolute atomic E-state index is 0.361. The zero-order valence-corrected chi connectivity index (χ0v) is 12.7. The Morgan fingerprint density at radius 3 is 2.40 bits per heavy atom. The summed E-state index contributed by atoms with van der Waals surface area (Å²) < 4.78 is 34.6. The Bertz CT molecular complexity index is 470. The molecule has 2 aliphatic heterocycles. The second-order valence-corrected chi connectivity index (χ2v) is 8.90. The number of carboxylic acids is 1. The van der Waals surface area contributed by atoms with Gasteiger partial charge >= 0.3 is 5.97 Å². The van der Waals surface area contributed by atoms with Crippen molar-refractivity contribution >= 4 is 15.8 Å². The summed E-state index contributed by atoms with van der Waals surface area (Å²) in [4.78, 5) is 11.2. The van der Waals surface area contributed by atoms with E-state index in [1.807, 2.05) is 0 Å². The number of carboxylic acid groups (broad SMARTS) is 1. The molecule has 1 unspecified atom stereocenters. The first-order valence-corrected chi connectivity index (χ1v) is 8.44. The van der Waals surface area contributed by atoms with Crippen LogP contribution in [-0.4, -0.2) is 54.9 Å². The zero-order chi connectivity index (χ0) is 15.0. The fraction of sp³-hybridized carbons (Fsp3) is 0.923. The SMILES string of the molecule is CC(C)(C(=O)O)S(=O)(=O)C1CCOC2(CCOCC2)C1. The fourth-order valence-electron chi connectivity index (χ4n) is 2.88. The molecule has 0 aliphatic carbocycles. The molecule has 2 rings (SSSR count). The lowest BCUT2D eigenvalue weighted by atomic mass is 9.86. The van der Waals surface area contributed by atoms with Crippen LogP contribution >= 0.6 is 0 Å². The molecular formula is C13H22O6S. The van der Waals surface area contributed by atoms with Crippen molar-refractivity contribution in [3.63, 3.8) is 0 Å². The molecule has 2 saturated heterocycles. The Balaban J connectivity index is 2.22. The highest BCUT2D eigenvalue weighted by Gasteiger charge is 2.51. The van der Waals surface area contributed by atoms with Crippen LogP contribution in [0.3, 0.4) is 0 Å². The molecule has 2 aliphatic rings. The number of hydrogen-bond acceptors (Lipinski definition) is 5. The molecule has 2 fully saturated rings. The Labute approximate surface area is 119 Å². The molecule has 2 heterocycles. The molecule has 0 radical (unpaired) electrons. The normalized spacial score (nSPS) is 27.4. The van der Waals surface area contributed by atoms with Crippen LogP contribution in [0.2, 0.25) is 0 Å². The van der Waals surface area contributed by atoms with E-state index >= 15 is 0 Å². The summed E-state index contributed by atoms with van der Waals surface area (Å²) in [5.41, 5.74) is -0.456. The van der Waals surface area contributed by atoms with Crippen LogP contribution in [-0.2, 0) is 24.1 Å². The number of sulfone groups is 1. The zero-order valence-electron chi connectivity index (χ0n) is 11.9. The van der Waals surface area contributed by atoms with Crippen molar-refractivity contribution in [1.29, 1.82) is 0 Å². The van der Waals surface area contributed by atoms with Crippen molar-refractivity contribution in [2.75, 3.05) is 19.8 Å². The van der Waals surface area contributed by atoms with Gasteiger partial charge in [0.25, 0.3) is 0 Å². The second-order valence-electron chi connectivity index (χ2n) is 6.12. The highest BCUT2D eigenvalue weighted by molar-refractivity contribution is 7.94. The van der Waals surface area contributed by atoms with Gasteiger partial charge in [-0.15, -0.1) is 0 Å². The maximum absolute atomic E-state index is 12.6. The molecule has 7 heteroatoms. The third-order valence-corrected chi connectivity index (χ3v) is 7.39. The minimum Gasteiger partial charge on any atom is -0.480 e. The van der Waals surface area contributed by atoms with Gasteiger partial charge in [-0.2, -0.15) is 0 Å². The minimum atomic E-state index is -3.76.